The summed E-state index contributed by atoms with van der Waals surface area (Å²) >= 11 is 0. The molecule has 17 heavy (non-hydrogen) atoms. The molecule has 2 heteroatoms. The maximum atomic E-state index is 5.62. The maximum Gasteiger partial charge on any atom is 0.0346 e. The number of benzene rings is 2. The second kappa shape index (κ2) is 6.59. The Morgan fingerprint density at radius 1 is 0.941 bits per heavy atom. The molecule has 3 N–H and O–H groups in total. The van der Waals surface area contributed by atoms with E-state index in [1.165, 1.54) is 5.56 Å². The number of rotatable bonds is 1. The highest BCUT2D eigenvalue weighted by Crippen LogP contribution is 2.10. The lowest BCUT2D eigenvalue weighted by molar-refractivity contribution is 1.40. The van der Waals surface area contributed by atoms with Gasteiger partial charge in [0, 0.05) is 18.4 Å². The molecule has 0 unspecified atom stereocenters. The molecule has 0 atom stereocenters. The molecule has 0 aliphatic heterocycles. The van der Waals surface area contributed by atoms with Crippen LogP contribution in [0.4, 0.5) is 11.4 Å². The summed E-state index contributed by atoms with van der Waals surface area (Å²) in [6.45, 7) is 4.05. The van der Waals surface area contributed by atoms with Gasteiger partial charge in [-0.2, -0.15) is 0 Å². The van der Waals surface area contributed by atoms with Crippen molar-refractivity contribution in [2.24, 2.45) is 0 Å². The molecule has 2 rings (SSSR count). The smallest absolute Gasteiger partial charge is 0.0346 e. The van der Waals surface area contributed by atoms with E-state index < -0.39 is 0 Å². The van der Waals surface area contributed by atoms with E-state index in [1.807, 2.05) is 63.4 Å². The lowest BCUT2D eigenvalue weighted by Crippen LogP contribution is -1.88. The largest absolute Gasteiger partial charge is 0.399 e. The fraction of sp³-hybridized carbons (Fsp3) is 0.200. The average molecular weight is 228 g/mol. The number of nitrogens with two attached hydrogens (primary N) is 1. The predicted octanol–water partition coefficient (Wildman–Crippen LogP) is 3.61. The molecule has 0 saturated carbocycles. The van der Waals surface area contributed by atoms with Gasteiger partial charge in [0.25, 0.3) is 0 Å². The molecule has 2 aromatic carbocycles. The molecule has 0 saturated heterocycles. The van der Waals surface area contributed by atoms with Crippen LogP contribution in [0.5, 0.6) is 0 Å². The third-order valence-corrected chi connectivity index (χ3v) is 2.50. The van der Waals surface area contributed by atoms with Crippen LogP contribution in [0.15, 0.2) is 48.5 Å². The Balaban J connectivity index is 0.000000171. The monoisotopic (exact) mass is 228 g/mol. The van der Waals surface area contributed by atoms with E-state index in [9.17, 15) is 0 Å². The van der Waals surface area contributed by atoms with Gasteiger partial charge in [-0.15, -0.1) is 0 Å². The van der Waals surface area contributed by atoms with Gasteiger partial charge in [0.2, 0.25) is 0 Å². The first-order valence-electron chi connectivity index (χ1n) is 5.69. The van der Waals surface area contributed by atoms with Crippen LogP contribution >= 0.6 is 0 Å². The zero-order valence-corrected chi connectivity index (χ0v) is 10.7. The van der Waals surface area contributed by atoms with Gasteiger partial charge in [-0.3, -0.25) is 0 Å². The van der Waals surface area contributed by atoms with Crippen molar-refractivity contribution >= 4 is 11.4 Å². The molecule has 0 spiro atoms. The summed E-state index contributed by atoms with van der Waals surface area (Å²) in [5.41, 5.74) is 10.0. The van der Waals surface area contributed by atoms with Gasteiger partial charge < -0.3 is 11.1 Å². The number of anilines is 2. The Morgan fingerprint density at radius 3 is 2.00 bits per heavy atom. The van der Waals surface area contributed by atoms with Crippen molar-refractivity contribution < 1.29 is 0 Å². The van der Waals surface area contributed by atoms with Crippen LogP contribution in [0, 0.1) is 13.8 Å². The molecule has 0 bridgehead atoms. The lowest BCUT2D eigenvalue weighted by atomic mass is 10.1. The fourth-order valence-electron chi connectivity index (χ4n) is 1.36. The van der Waals surface area contributed by atoms with E-state index in [4.69, 9.17) is 5.73 Å². The van der Waals surface area contributed by atoms with Crippen LogP contribution in [0.25, 0.3) is 0 Å². The average Bonchev–Trinajstić information content (AvgIpc) is 2.36. The standard InChI is InChI=1S/C8H11N.C7H9N/c1-6-3-4-7(2)8(9)5-6;1-8-7-5-3-2-4-6-7/h3-5H,9H2,1-2H3;2-6,8H,1H3. The summed E-state index contributed by atoms with van der Waals surface area (Å²) in [4.78, 5) is 0. The lowest BCUT2D eigenvalue weighted by Gasteiger charge is -1.98. The van der Waals surface area contributed by atoms with Crippen molar-refractivity contribution in [3.63, 3.8) is 0 Å². The molecule has 0 aliphatic carbocycles. The molecule has 2 nitrogen and oxygen atoms in total. The molecule has 0 aliphatic rings. The summed E-state index contributed by atoms with van der Waals surface area (Å²) in [5, 5.41) is 3.03. The van der Waals surface area contributed by atoms with Gasteiger partial charge >= 0.3 is 0 Å². The van der Waals surface area contributed by atoms with Crippen LogP contribution < -0.4 is 11.1 Å². The van der Waals surface area contributed by atoms with E-state index in [-0.39, 0.29) is 0 Å². The molecule has 90 valence electrons. The number of hydrogen-bond acceptors (Lipinski definition) is 2. The third kappa shape index (κ3) is 4.60. The quantitative estimate of drug-likeness (QED) is 0.732. The van der Waals surface area contributed by atoms with Crippen molar-refractivity contribution in [1.29, 1.82) is 0 Å². The minimum Gasteiger partial charge on any atom is -0.399 e. The van der Waals surface area contributed by atoms with Gasteiger partial charge in [0.15, 0.2) is 0 Å². The second-order valence-electron chi connectivity index (χ2n) is 3.98. The van der Waals surface area contributed by atoms with Crippen LogP contribution in [0.1, 0.15) is 11.1 Å². The molecule has 0 fully saturated rings. The highest BCUT2D eigenvalue weighted by Gasteiger charge is 1.89. The first kappa shape index (κ1) is 13.1. The minimum absolute atomic E-state index is 0.884. The fourth-order valence-corrected chi connectivity index (χ4v) is 1.36. The Bertz CT molecular complexity index is 450. The van der Waals surface area contributed by atoms with Crippen LogP contribution in [-0.2, 0) is 0 Å². The zero-order chi connectivity index (χ0) is 12.7. The number of para-hydroxylation sites is 1. The zero-order valence-electron chi connectivity index (χ0n) is 10.7. The Labute approximate surface area is 103 Å². The van der Waals surface area contributed by atoms with E-state index >= 15 is 0 Å². The van der Waals surface area contributed by atoms with Crippen molar-refractivity contribution in [3.8, 4) is 0 Å². The summed E-state index contributed by atoms with van der Waals surface area (Å²) in [6, 6.07) is 16.1. The first-order chi connectivity index (χ1) is 8.13. The summed E-state index contributed by atoms with van der Waals surface area (Å²) in [7, 11) is 1.91. The maximum absolute atomic E-state index is 5.62. The van der Waals surface area contributed by atoms with Crippen molar-refractivity contribution in [3.05, 3.63) is 59.7 Å². The molecule has 0 heterocycles. The summed E-state index contributed by atoms with van der Waals surface area (Å²) in [5.74, 6) is 0. The third-order valence-electron chi connectivity index (χ3n) is 2.50. The van der Waals surface area contributed by atoms with Gasteiger partial charge in [-0.25, -0.2) is 0 Å². The molecule has 2 aromatic rings. The highest BCUT2D eigenvalue weighted by molar-refractivity contribution is 5.47. The second-order valence-corrected chi connectivity index (χ2v) is 3.98. The Morgan fingerprint density at radius 2 is 1.59 bits per heavy atom. The van der Waals surface area contributed by atoms with E-state index in [0.717, 1.165) is 16.9 Å². The topological polar surface area (TPSA) is 38.0 Å². The van der Waals surface area contributed by atoms with Crippen molar-refractivity contribution in [2.45, 2.75) is 13.8 Å². The molecular formula is C15H20N2. The normalized spacial score (nSPS) is 9.12. The van der Waals surface area contributed by atoms with E-state index in [2.05, 4.69) is 11.4 Å². The van der Waals surface area contributed by atoms with Crippen LogP contribution in [0.2, 0.25) is 0 Å². The van der Waals surface area contributed by atoms with E-state index in [0.29, 0.717) is 0 Å². The summed E-state index contributed by atoms with van der Waals surface area (Å²) < 4.78 is 0. The molecular weight excluding hydrogens is 208 g/mol. The Hall–Kier alpha value is -1.96. The highest BCUT2D eigenvalue weighted by atomic mass is 14.8. The molecule has 0 radical (unpaired) electrons. The van der Waals surface area contributed by atoms with Crippen molar-refractivity contribution in [2.75, 3.05) is 18.1 Å². The number of nitrogen functional groups attached to an aromatic ring is 1. The van der Waals surface area contributed by atoms with Gasteiger partial charge in [0.05, 0.1) is 0 Å². The van der Waals surface area contributed by atoms with Gasteiger partial charge in [-0.1, -0.05) is 30.3 Å². The number of aryl methyl sites for hydroxylation is 2. The van der Waals surface area contributed by atoms with Crippen molar-refractivity contribution in [1.82, 2.24) is 0 Å². The van der Waals surface area contributed by atoms with Gasteiger partial charge in [-0.05, 0) is 43.2 Å². The molecule has 0 aromatic heterocycles. The SMILES string of the molecule is CNc1ccccc1.Cc1ccc(C)c(N)c1. The number of hydrogen-bond donors (Lipinski definition) is 2. The molecule has 0 amide bonds. The first-order valence-corrected chi connectivity index (χ1v) is 5.69. The van der Waals surface area contributed by atoms with Crippen LogP contribution in [-0.4, -0.2) is 7.05 Å². The van der Waals surface area contributed by atoms with Gasteiger partial charge in [0.1, 0.15) is 0 Å². The Kier molecular flexibility index (Phi) is 5.08. The van der Waals surface area contributed by atoms with Crippen LogP contribution in [0.3, 0.4) is 0 Å². The minimum atomic E-state index is 0.884. The number of nitrogens with one attached hydrogen (secondary N) is 1. The van der Waals surface area contributed by atoms with E-state index in [1.54, 1.807) is 0 Å². The predicted molar refractivity (Wildman–Crippen MR) is 76.3 cm³/mol. The summed E-state index contributed by atoms with van der Waals surface area (Å²) in [6.07, 6.45) is 0.